The van der Waals surface area contributed by atoms with Crippen LogP contribution in [0.4, 0.5) is 5.69 Å². The Morgan fingerprint density at radius 3 is 2.53 bits per heavy atom. The number of carbonyl (C=O) groups is 4. The maximum Gasteiger partial charge on any atom is 0.229 e. The van der Waals surface area contributed by atoms with Gasteiger partial charge in [0.2, 0.25) is 17.7 Å². The second-order valence-electron chi connectivity index (χ2n) is 10.0. The van der Waals surface area contributed by atoms with Crippen molar-refractivity contribution in [3.8, 4) is 5.75 Å². The monoisotopic (exact) mass is 510 g/mol. The molecule has 3 aromatic rings. The molecule has 2 N–H and O–H groups in total. The van der Waals surface area contributed by atoms with E-state index < -0.39 is 0 Å². The molecule has 0 bridgehead atoms. The van der Waals surface area contributed by atoms with E-state index in [0.29, 0.717) is 55.7 Å². The van der Waals surface area contributed by atoms with E-state index in [2.05, 4.69) is 10.6 Å². The quantitative estimate of drug-likeness (QED) is 0.409. The third kappa shape index (κ3) is 6.17. The highest BCUT2D eigenvalue weighted by molar-refractivity contribution is 6.02. The Hall–Kier alpha value is -4.26. The molecule has 1 fully saturated rings. The largest absolute Gasteiger partial charge is 0.489 e. The number of rotatable bonds is 9. The number of amides is 3. The van der Waals surface area contributed by atoms with Gasteiger partial charge in [-0.15, -0.1) is 0 Å². The van der Waals surface area contributed by atoms with E-state index >= 15 is 0 Å². The van der Waals surface area contributed by atoms with Crippen LogP contribution in [0, 0.1) is 11.8 Å². The number of nitrogens with one attached hydrogen (secondary N) is 2. The molecule has 5 rings (SSSR count). The summed E-state index contributed by atoms with van der Waals surface area (Å²) in [7, 11) is 0. The number of Topliss-reactive ketones (excluding diaryl/α,β-unsaturated/α-hetero) is 1. The highest BCUT2D eigenvalue weighted by atomic mass is 16.5. The van der Waals surface area contributed by atoms with E-state index in [1.54, 1.807) is 6.07 Å². The van der Waals surface area contributed by atoms with Gasteiger partial charge in [-0.2, -0.15) is 0 Å². The summed E-state index contributed by atoms with van der Waals surface area (Å²) in [6.45, 7) is 0.445. The van der Waals surface area contributed by atoms with Crippen LogP contribution in [-0.2, 0) is 33.8 Å². The molecule has 1 heterocycles. The fourth-order valence-electron chi connectivity index (χ4n) is 5.19. The van der Waals surface area contributed by atoms with E-state index in [1.165, 1.54) is 0 Å². The van der Waals surface area contributed by atoms with Crippen LogP contribution in [0.25, 0.3) is 0 Å². The molecule has 3 amide bonds. The highest BCUT2D eigenvalue weighted by Gasteiger charge is 2.33. The summed E-state index contributed by atoms with van der Waals surface area (Å²) in [6.07, 6.45) is 2.89. The molecular formula is C31H30N2O5. The average molecular weight is 511 g/mol. The van der Waals surface area contributed by atoms with Crippen molar-refractivity contribution in [3.05, 3.63) is 95.1 Å². The lowest BCUT2D eigenvalue weighted by Crippen LogP contribution is -2.40. The number of fused-ring (bicyclic) bond motifs is 1. The van der Waals surface area contributed by atoms with Crippen molar-refractivity contribution in [2.24, 2.45) is 11.8 Å². The first-order valence-electron chi connectivity index (χ1n) is 13.0. The number of piperidine rings is 1. The van der Waals surface area contributed by atoms with E-state index in [1.807, 2.05) is 66.7 Å². The highest BCUT2D eigenvalue weighted by Crippen LogP contribution is 2.32. The van der Waals surface area contributed by atoms with Gasteiger partial charge in [-0.05, 0) is 54.5 Å². The van der Waals surface area contributed by atoms with Gasteiger partial charge >= 0.3 is 0 Å². The number of imide groups is 1. The molecule has 0 spiro atoms. The van der Waals surface area contributed by atoms with E-state index in [-0.39, 0.29) is 41.8 Å². The van der Waals surface area contributed by atoms with Crippen molar-refractivity contribution < 1.29 is 23.9 Å². The zero-order valence-corrected chi connectivity index (χ0v) is 21.1. The van der Waals surface area contributed by atoms with Gasteiger partial charge in [0, 0.05) is 35.6 Å². The number of carbonyl (C=O) groups excluding carboxylic acids is 4. The molecule has 0 aromatic heterocycles. The first-order chi connectivity index (χ1) is 18.4. The van der Waals surface area contributed by atoms with Gasteiger partial charge in [0.15, 0.2) is 5.78 Å². The predicted molar refractivity (Wildman–Crippen MR) is 143 cm³/mol. The number of hydrogen-bond donors (Lipinski definition) is 2. The standard InChI is InChI=1S/C31H30N2O5/c34-28-14-12-22(31(37)33-28)10-11-23-17-24-15-21(9-13-27(24)30(23)36)16-29(35)32-25-7-4-8-26(18-25)38-19-20-5-2-1-3-6-20/h1-9,13,15,18,22-23H,10-12,14,16-17,19H2,(H,32,35)(H,33,34,37). The van der Waals surface area contributed by atoms with Crippen LogP contribution in [-0.4, -0.2) is 23.5 Å². The number of hydrogen-bond acceptors (Lipinski definition) is 5. The normalized spacial score (nSPS) is 18.6. The molecule has 3 aromatic carbocycles. The lowest BCUT2D eigenvalue weighted by molar-refractivity contribution is -0.136. The first kappa shape index (κ1) is 25.4. The van der Waals surface area contributed by atoms with E-state index in [0.717, 1.165) is 16.7 Å². The minimum atomic E-state index is -0.231. The molecule has 1 saturated heterocycles. The Balaban J connectivity index is 1.14. The van der Waals surface area contributed by atoms with Gasteiger partial charge in [-0.25, -0.2) is 0 Å². The molecule has 7 heteroatoms. The molecule has 194 valence electrons. The summed E-state index contributed by atoms with van der Waals surface area (Å²) in [5.74, 6) is -0.226. The second kappa shape index (κ2) is 11.4. The van der Waals surface area contributed by atoms with Gasteiger partial charge in [0.1, 0.15) is 12.4 Å². The molecule has 2 unspecified atom stereocenters. The maximum atomic E-state index is 12.9. The van der Waals surface area contributed by atoms with Crippen LogP contribution in [0.2, 0.25) is 0 Å². The lowest BCUT2D eigenvalue weighted by Gasteiger charge is -2.21. The van der Waals surface area contributed by atoms with Crippen LogP contribution in [0.3, 0.4) is 0 Å². The van der Waals surface area contributed by atoms with Crippen molar-refractivity contribution in [3.63, 3.8) is 0 Å². The third-order valence-corrected chi connectivity index (χ3v) is 7.22. The Morgan fingerprint density at radius 2 is 1.71 bits per heavy atom. The minimum absolute atomic E-state index is 0.0932. The number of benzene rings is 3. The Bertz CT molecular complexity index is 1370. The summed E-state index contributed by atoms with van der Waals surface area (Å²) in [4.78, 5) is 49.1. The molecule has 1 aliphatic carbocycles. The molecular weight excluding hydrogens is 480 g/mol. The second-order valence-corrected chi connectivity index (χ2v) is 10.0. The molecule has 7 nitrogen and oxygen atoms in total. The van der Waals surface area contributed by atoms with Gasteiger partial charge < -0.3 is 10.1 Å². The van der Waals surface area contributed by atoms with E-state index in [9.17, 15) is 19.2 Å². The summed E-state index contributed by atoms with van der Waals surface area (Å²) in [6, 6.07) is 22.8. The molecule has 38 heavy (non-hydrogen) atoms. The Morgan fingerprint density at radius 1 is 0.895 bits per heavy atom. The number of anilines is 1. The van der Waals surface area contributed by atoms with Crippen molar-refractivity contribution >= 4 is 29.2 Å². The topological polar surface area (TPSA) is 102 Å². The maximum absolute atomic E-state index is 12.9. The molecule has 1 aliphatic heterocycles. The third-order valence-electron chi connectivity index (χ3n) is 7.22. The smallest absolute Gasteiger partial charge is 0.229 e. The lowest BCUT2D eigenvalue weighted by atomic mass is 9.88. The summed E-state index contributed by atoms with van der Waals surface area (Å²) in [5.41, 5.74) is 4.22. The van der Waals surface area contributed by atoms with Crippen LogP contribution >= 0.6 is 0 Å². The summed E-state index contributed by atoms with van der Waals surface area (Å²) >= 11 is 0. The zero-order chi connectivity index (χ0) is 26.5. The van der Waals surface area contributed by atoms with Gasteiger partial charge in [0.25, 0.3) is 0 Å². The van der Waals surface area contributed by atoms with Gasteiger partial charge in [0.05, 0.1) is 6.42 Å². The average Bonchev–Trinajstić information content (AvgIpc) is 3.22. The zero-order valence-electron chi connectivity index (χ0n) is 21.1. The SMILES string of the molecule is O=C1CCC(CCC2Cc3cc(CC(=O)Nc4cccc(OCc5ccccc5)c4)ccc3C2=O)C(=O)N1. The molecule has 0 radical (unpaired) electrons. The van der Waals surface area contributed by atoms with Crippen molar-refractivity contribution in [1.29, 1.82) is 0 Å². The number of ketones is 1. The molecule has 2 aliphatic rings. The summed E-state index contributed by atoms with van der Waals surface area (Å²) < 4.78 is 5.85. The fraction of sp³-hybridized carbons (Fsp3) is 0.290. The van der Waals surface area contributed by atoms with Gasteiger partial charge in [-0.1, -0.05) is 54.6 Å². The van der Waals surface area contributed by atoms with Crippen LogP contribution in [0.5, 0.6) is 5.75 Å². The Labute approximate surface area is 221 Å². The van der Waals surface area contributed by atoms with Crippen molar-refractivity contribution in [1.82, 2.24) is 5.32 Å². The van der Waals surface area contributed by atoms with Crippen LogP contribution in [0.1, 0.15) is 52.7 Å². The predicted octanol–water partition coefficient (Wildman–Crippen LogP) is 4.63. The molecule has 0 saturated carbocycles. The van der Waals surface area contributed by atoms with Crippen LogP contribution < -0.4 is 15.4 Å². The van der Waals surface area contributed by atoms with Crippen molar-refractivity contribution in [2.75, 3.05) is 5.32 Å². The fourth-order valence-corrected chi connectivity index (χ4v) is 5.19. The Kier molecular flexibility index (Phi) is 7.63. The molecule has 2 atom stereocenters. The van der Waals surface area contributed by atoms with Gasteiger partial charge in [-0.3, -0.25) is 24.5 Å². The van der Waals surface area contributed by atoms with E-state index in [4.69, 9.17) is 4.74 Å². The van der Waals surface area contributed by atoms with Crippen LogP contribution in [0.15, 0.2) is 72.8 Å². The minimum Gasteiger partial charge on any atom is -0.489 e. The number of ether oxygens (including phenoxy) is 1. The first-order valence-corrected chi connectivity index (χ1v) is 13.0. The summed E-state index contributed by atoms with van der Waals surface area (Å²) in [5, 5.41) is 5.31. The van der Waals surface area contributed by atoms with Crippen molar-refractivity contribution in [2.45, 2.75) is 45.1 Å².